The molecule has 0 saturated heterocycles. The Morgan fingerprint density at radius 3 is 2.94 bits per heavy atom. The normalized spacial score (nSPS) is 14.9. The lowest BCUT2D eigenvalue weighted by Crippen LogP contribution is -2.07. The van der Waals surface area contributed by atoms with Gasteiger partial charge in [0.25, 0.3) is 0 Å². The molecule has 0 fully saturated rings. The van der Waals surface area contributed by atoms with Gasteiger partial charge in [0, 0.05) is 5.56 Å². The Bertz CT molecular complexity index is 379. The standard InChI is InChI=1S/C12H17NO3/c1-8(5-6-13)11-9(14-2)3-4-10-12(11)16-7-15-10/h3-4,8H,5-7,13H2,1-2H3. The van der Waals surface area contributed by atoms with Crippen LogP contribution in [0.4, 0.5) is 0 Å². The van der Waals surface area contributed by atoms with Crippen molar-refractivity contribution in [2.75, 3.05) is 20.4 Å². The van der Waals surface area contributed by atoms with Crippen molar-refractivity contribution in [3.8, 4) is 17.2 Å². The SMILES string of the molecule is COc1ccc2c(c1C(C)CCN)OCO2. The van der Waals surface area contributed by atoms with E-state index in [-0.39, 0.29) is 6.79 Å². The first kappa shape index (κ1) is 11.1. The van der Waals surface area contributed by atoms with Crippen LogP contribution in [0.15, 0.2) is 12.1 Å². The quantitative estimate of drug-likeness (QED) is 0.846. The molecule has 0 spiro atoms. The van der Waals surface area contributed by atoms with Crippen molar-refractivity contribution in [3.63, 3.8) is 0 Å². The van der Waals surface area contributed by atoms with Crippen molar-refractivity contribution < 1.29 is 14.2 Å². The van der Waals surface area contributed by atoms with Gasteiger partial charge in [-0.25, -0.2) is 0 Å². The van der Waals surface area contributed by atoms with E-state index in [0.717, 1.165) is 29.2 Å². The van der Waals surface area contributed by atoms with E-state index in [1.54, 1.807) is 7.11 Å². The number of ether oxygens (including phenoxy) is 3. The molecule has 16 heavy (non-hydrogen) atoms. The van der Waals surface area contributed by atoms with E-state index in [1.807, 2.05) is 12.1 Å². The van der Waals surface area contributed by atoms with Crippen molar-refractivity contribution in [1.29, 1.82) is 0 Å². The molecular weight excluding hydrogens is 206 g/mol. The minimum Gasteiger partial charge on any atom is -0.496 e. The van der Waals surface area contributed by atoms with E-state index in [1.165, 1.54) is 0 Å². The zero-order valence-electron chi connectivity index (χ0n) is 9.66. The molecule has 0 radical (unpaired) electrons. The first-order valence-electron chi connectivity index (χ1n) is 5.44. The fraction of sp³-hybridized carbons (Fsp3) is 0.500. The van der Waals surface area contributed by atoms with E-state index < -0.39 is 0 Å². The minimum atomic E-state index is 0.283. The van der Waals surface area contributed by atoms with Gasteiger partial charge in [-0.1, -0.05) is 6.92 Å². The predicted octanol–water partition coefficient (Wildman–Crippen LogP) is 1.88. The molecule has 1 aromatic rings. The largest absolute Gasteiger partial charge is 0.496 e. The summed E-state index contributed by atoms with van der Waals surface area (Å²) in [6.45, 7) is 3.05. The van der Waals surface area contributed by atoms with E-state index in [4.69, 9.17) is 19.9 Å². The molecule has 1 aliphatic heterocycles. The number of fused-ring (bicyclic) bond motifs is 1. The van der Waals surface area contributed by atoms with Crippen LogP contribution in [0.2, 0.25) is 0 Å². The summed E-state index contributed by atoms with van der Waals surface area (Å²) in [4.78, 5) is 0. The molecule has 2 N–H and O–H groups in total. The van der Waals surface area contributed by atoms with E-state index >= 15 is 0 Å². The Hall–Kier alpha value is -1.42. The number of rotatable bonds is 4. The second-order valence-electron chi connectivity index (χ2n) is 3.89. The molecule has 1 atom stereocenters. The third-order valence-electron chi connectivity index (χ3n) is 2.85. The summed E-state index contributed by atoms with van der Waals surface area (Å²) in [7, 11) is 1.66. The van der Waals surface area contributed by atoms with E-state index in [2.05, 4.69) is 6.92 Å². The second kappa shape index (κ2) is 4.61. The van der Waals surface area contributed by atoms with Crippen molar-refractivity contribution in [2.45, 2.75) is 19.3 Å². The highest BCUT2D eigenvalue weighted by Crippen LogP contribution is 2.45. The molecule has 0 aromatic heterocycles. The smallest absolute Gasteiger partial charge is 0.231 e. The van der Waals surface area contributed by atoms with E-state index in [0.29, 0.717) is 12.5 Å². The van der Waals surface area contributed by atoms with Gasteiger partial charge in [0.1, 0.15) is 5.75 Å². The van der Waals surface area contributed by atoms with Gasteiger partial charge in [-0.3, -0.25) is 0 Å². The molecule has 1 aliphatic rings. The molecule has 88 valence electrons. The molecule has 0 aliphatic carbocycles. The summed E-state index contributed by atoms with van der Waals surface area (Å²) in [6.07, 6.45) is 0.899. The molecular formula is C12H17NO3. The molecule has 0 amide bonds. The fourth-order valence-corrected chi connectivity index (χ4v) is 2.01. The lowest BCUT2D eigenvalue weighted by Gasteiger charge is -2.16. The molecule has 2 rings (SSSR count). The Labute approximate surface area is 95.3 Å². The Morgan fingerprint density at radius 1 is 1.44 bits per heavy atom. The van der Waals surface area contributed by atoms with Crippen molar-refractivity contribution >= 4 is 0 Å². The van der Waals surface area contributed by atoms with Crippen LogP contribution in [0.5, 0.6) is 17.2 Å². The Morgan fingerprint density at radius 2 is 2.25 bits per heavy atom. The van der Waals surface area contributed by atoms with Gasteiger partial charge in [-0.05, 0) is 31.0 Å². The average molecular weight is 223 g/mol. The molecule has 1 aromatic carbocycles. The van der Waals surface area contributed by atoms with Crippen LogP contribution in [0.1, 0.15) is 24.8 Å². The maximum atomic E-state index is 5.59. The number of methoxy groups -OCH3 is 1. The third kappa shape index (κ3) is 1.80. The number of nitrogens with two attached hydrogens (primary N) is 1. The summed E-state index contributed by atoms with van der Waals surface area (Å²) >= 11 is 0. The van der Waals surface area contributed by atoms with Crippen molar-refractivity contribution in [1.82, 2.24) is 0 Å². The van der Waals surface area contributed by atoms with Gasteiger partial charge >= 0.3 is 0 Å². The minimum absolute atomic E-state index is 0.283. The van der Waals surface area contributed by atoms with Crippen LogP contribution in [0.25, 0.3) is 0 Å². The predicted molar refractivity (Wildman–Crippen MR) is 61.2 cm³/mol. The first-order chi connectivity index (χ1) is 7.77. The molecule has 0 saturated carbocycles. The zero-order valence-corrected chi connectivity index (χ0v) is 9.66. The van der Waals surface area contributed by atoms with E-state index in [9.17, 15) is 0 Å². The topological polar surface area (TPSA) is 53.7 Å². The Balaban J connectivity index is 2.43. The summed E-state index contributed by atoms with van der Waals surface area (Å²) in [5.74, 6) is 2.74. The molecule has 4 nitrogen and oxygen atoms in total. The van der Waals surface area contributed by atoms with Gasteiger partial charge in [0.05, 0.1) is 7.11 Å². The van der Waals surface area contributed by atoms with Gasteiger partial charge < -0.3 is 19.9 Å². The molecule has 1 unspecified atom stereocenters. The molecule has 0 bridgehead atoms. The first-order valence-corrected chi connectivity index (χ1v) is 5.44. The van der Waals surface area contributed by atoms with Crippen LogP contribution in [-0.4, -0.2) is 20.4 Å². The summed E-state index contributed by atoms with van der Waals surface area (Å²) in [6, 6.07) is 3.79. The van der Waals surface area contributed by atoms with Crippen molar-refractivity contribution in [3.05, 3.63) is 17.7 Å². The highest BCUT2D eigenvalue weighted by atomic mass is 16.7. The van der Waals surface area contributed by atoms with Crippen LogP contribution < -0.4 is 19.9 Å². The highest BCUT2D eigenvalue weighted by Gasteiger charge is 2.24. The van der Waals surface area contributed by atoms with Gasteiger partial charge in [0.15, 0.2) is 11.5 Å². The number of benzene rings is 1. The maximum absolute atomic E-state index is 5.59. The maximum Gasteiger partial charge on any atom is 0.231 e. The third-order valence-corrected chi connectivity index (χ3v) is 2.85. The van der Waals surface area contributed by atoms with Gasteiger partial charge in [-0.2, -0.15) is 0 Å². The average Bonchev–Trinajstić information content (AvgIpc) is 2.75. The van der Waals surface area contributed by atoms with Crippen LogP contribution in [0.3, 0.4) is 0 Å². The zero-order chi connectivity index (χ0) is 11.5. The van der Waals surface area contributed by atoms with Crippen LogP contribution in [0, 0.1) is 0 Å². The second-order valence-corrected chi connectivity index (χ2v) is 3.89. The van der Waals surface area contributed by atoms with Gasteiger partial charge in [-0.15, -0.1) is 0 Å². The van der Waals surface area contributed by atoms with Gasteiger partial charge in [0.2, 0.25) is 6.79 Å². The van der Waals surface area contributed by atoms with Crippen LogP contribution in [-0.2, 0) is 0 Å². The summed E-state index contributed by atoms with van der Waals surface area (Å²) in [5, 5.41) is 0. The summed E-state index contributed by atoms with van der Waals surface area (Å²) < 4.78 is 16.2. The van der Waals surface area contributed by atoms with Crippen LogP contribution >= 0.6 is 0 Å². The number of hydrogen-bond acceptors (Lipinski definition) is 4. The monoisotopic (exact) mass is 223 g/mol. The number of hydrogen-bond donors (Lipinski definition) is 1. The van der Waals surface area contributed by atoms with Crippen molar-refractivity contribution in [2.24, 2.45) is 5.73 Å². The molecule has 1 heterocycles. The lowest BCUT2D eigenvalue weighted by molar-refractivity contribution is 0.172. The molecule has 4 heteroatoms. The fourth-order valence-electron chi connectivity index (χ4n) is 2.01. The summed E-state index contributed by atoms with van der Waals surface area (Å²) in [5.41, 5.74) is 6.65. The highest BCUT2D eigenvalue weighted by molar-refractivity contribution is 5.56. The Kier molecular flexibility index (Phi) is 3.19. The lowest BCUT2D eigenvalue weighted by atomic mass is 9.95.